The molecule has 9 nitrogen and oxygen atoms in total. The number of benzene rings is 2. The van der Waals surface area contributed by atoms with Gasteiger partial charge >= 0.3 is 0 Å². The molecule has 3 aromatic rings. The number of likely N-dealkylation sites (tertiary alicyclic amines) is 1. The second-order valence-electron chi connectivity index (χ2n) is 10.6. The molecule has 2 aromatic carbocycles. The van der Waals surface area contributed by atoms with Crippen LogP contribution >= 0.6 is 0 Å². The Morgan fingerprint density at radius 1 is 1.12 bits per heavy atom. The number of aryl methyl sites for hydroxylation is 1. The van der Waals surface area contributed by atoms with Crippen LogP contribution in [0.5, 0.6) is 0 Å². The lowest BCUT2D eigenvalue weighted by Crippen LogP contribution is -2.45. The quantitative estimate of drug-likeness (QED) is 0.431. The van der Waals surface area contributed by atoms with Gasteiger partial charge in [0, 0.05) is 50.2 Å². The van der Waals surface area contributed by atoms with Gasteiger partial charge in [0.2, 0.25) is 0 Å². The highest BCUT2D eigenvalue weighted by molar-refractivity contribution is 6.05. The number of nitrogens with one attached hydrogen (secondary N) is 2. The minimum absolute atomic E-state index is 0.0688. The lowest BCUT2D eigenvalue weighted by Gasteiger charge is -2.39. The molecule has 1 aromatic heterocycles. The van der Waals surface area contributed by atoms with E-state index in [1.165, 1.54) is 0 Å². The van der Waals surface area contributed by atoms with Gasteiger partial charge in [0.05, 0.1) is 29.4 Å². The van der Waals surface area contributed by atoms with E-state index in [-0.39, 0.29) is 11.8 Å². The first-order chi connectivity index (χ1) is 19.9. The normalized spacial score (nSPS) is 15.3. The topological polar surface area (TPSA) is 111 Å². The van der Waals surface area contributed by atoms with Gasteiger partial charge in [0.15, 0.2) is 0 Å². The molecule has 212 valence electrons. The van der Waals surface area contributed by atoms with E-state index in [2.05, 4.69) is 33.5 Å². The Bertz CT molecular complexity index is 1470. The third-order valence-electron chi connectivity index (χ3n) is 8.17. The van der Waals surface area contributed by atoms with Crippen LogP contribution in [0.25, 0.3) is 0 Å². The van der Waals surface area contributed by atoms with Crippen molar-refractivity contribution in [3.63, 3.8) is 0 Å². The van der Waals surface area contributed by atoms with Crippen LogP contribution in [0.15, 0.2) is 54.7 Å². The third kappa shape index (κ3) is 5.80. The summed E-state index contributed by atoms with van der Waals surface area (Å²) in [5.41, 5.74) is 4.88. The van der Waals surface area contributed by atoms with Crippen LogP contribution in [-0.2, 0) is 16.9 Å². The first kappa shape index (κ1) is 28.3. The van der Waals surface area contributed by atoms with Crippen molar-refractivity contribution in [2.75, 3.05) is 50.0 Å². The van der Waals surface area contributed by atoms with Crippen LogP contribution < -0.4 is 15.5 Å². The zero-order chi connectivity index (χ0) is 29.0. The van der Waals surface area contributed by atoms with Gasteiger partial charge in [-0.2, -0.15) is 5.26 Å². The van der Waals surface area contributed by atoms with Gasteiger partial charge in [0.1, 0.15) is 5.82 Å². The summed E-state index contributed by atoms with van der Waals surface area (Å²) in [5, 5.41) is 15.3. The van der Waals surface area contributed by atoms with E-state index in [4.69, 9.17) is 4.74 Å². The smallest absolute Gasteiger partial charge is 0.257 e. The number of ether oxygens (including phenoxy) is 1. The molecule has 5 rings (SSSR count). The fourth-order valence-electron chi connectivity index (χ4n) is 5.66. The fourth-order valence-corrected chi connectivity index (χ4v) is 5.66. The molecule has 9 heteroatoms. The van der Waals surface area contributed by atoms with Crippen molar-refractivity contribution in [1.82, 2.24) is 15.2 Å². The zero-order valence-corrected chi connectivity index (χ0v) is 23.9. The van der Waals surface area contributed by atoms with Crippen molar-refractivity contribution in [3.8, 4) is 6.07 Å². The predicted octanol–water partition coefficient (Wildman–Crippen LogP) is 4.22. The second kappa shape index (κ2) is 12.1. The Kier molecular flexibility index (Phi) is 8.34. The third-order valence-corrected chi connectivity index (χ3v) is 8.17. The highest BCUT2D eigenvalue weighted by Crippen LogP contribution is 2.44. The summed E-state index contributed by atoms with van der Waals surface area (Å²) < 4.78 is 6.24. The highest BCUT2D eigenvalue weighted by atomic mass is 16.5. The summed E-state index contributed by atoms with van der Waals surface area (Å²) in [6.07, 6.45) is 2.98. The predicted molar refractivity (Wildman–Crippen MR) is 158 cm³/mol. The highest BCUT2D eigenvalue weighted by Gasteiger charge is 2.43. The molecule has 2 aliphatic rings. The lowest BCUT2D eigenvalue weighted by atomic mass is 9.83. The largest absolute Gasteiger partial charge is 0.365 e. The summed E-state index contributed by atoms with van der Waals surface area (Å²) in [6, 6.07) is 17.0. The number of fused-ring (bicyclic) bond motifs is 2. The number of hydrogen-bond donors (Lipinski definition) is 2. The zero-order valence-electron chi connectivity index (χ0n) is 23.9. The first-order valence-corrected chi connectivity index (χ1v) is 14.1. The molecule has 1 fully saturated rings. The van der Waals surface area contributed by atoms with Crippen molar-refractivity contribution >= 4 is 23.3 Å². The Balaban J connectivity index is 1.24. The molecule has 41 heavy (non-hydrogen) atoms. The first-order valence-electron chi connectivity index (χ1n) is 14.1. The molecule has 2 aliphatic heterocycles. The van der Waals surface area contributed by atoms with Gasteiger partial charge < -0.3 is 25.2 Å². The summed E-state index contributed by atoms with van der Waals surface area (Å²) in [5.74, 6) is 0.483. The number of piperidine rings is 1. The standard InChI is InChI=1S/C32H36N6O3/c1-4-37(16-13-34-3)29-10-8-25(20-35-29)30(39)36-28-18-24(7-5-22(28)2)31(40)38-14-11-32(12-15-38)27-9-6-23(19-33)17-26(27)21-41-32/h5-10,17-18,20,34H,4,11-16,21H2,1-3H3,(H,36,39). The summed E-state index contributed by atoms with van der Waals surface area (Å²) >= 11 is 0. The van der Waals surface area contributed by atoms with Crippen LogP contribution in [0, 0.1) is 18.3 Å². The van der Waals surface area contributed by atoms with Crippen molar-refractivity contribution in [2.24, 2.45) is 0 Å². The van der Waals surface area contributed by atoms with Crippen molar-refractivity contribution in [3.05, 3.63) is 88.1 Å². The van der Waals surface area contributed by atoms with Crippen molar-refractivity contribution in [1.29, 1.82) is 5.26 Å². The van der Waals surface area contributed by atoms with Crippen molar-refractivity contribution in [2.45, 2.75) is 38.9 Å². The number of carbonyl (C=O) groups is 2. The number of nitrogens with zero attached hydrogens (tertiary/aromatic N) is 4. The molecule has 0 bridgehead atoms. The number of anilines is 2. The number of rotatable bonds is 8. The molecule has 2 amide bonds. The van der Waals surface area contributed by atoms with Crippen LogP contribution in [0.2, 0.25) is 0 Å². The Morgan fingerprint density at radius 2 is 1.90 bits per heavy atom. The van der Waals surface area contributed by atoms with E-state index in [0.717, 1.165) is 42.1 Å². The SMILES string of the molecule is CCN(CCNC)c1ccc(C(=O)Nc2cc(C(=O)N3CCC4(CC3)OCc3cc(C#N)ccc34)ccc2C)cn1. The Morgan fingerprint density at radius 3 is 2.59 bits per heavy atom. The molecule has 0 aliphatic carbocycles. The van der Waals surface area contributed by atoms with Crippen LogP contribution in [-0.4, -0.2) is 61.5 Å². The van der Waals surface area contributed by atoms with Gasteiger partial charge in [-0.1, -0.05) is 12.1 Å². The van der Waals surface area contributed by atoms with Crippen molar-refractivity contribution < 1.29 is 14.3 Å². The number of carbonyl (C=O) groups excluding carboxylic acids is 2. The maximum Gasteiger partial charge on any atom is 0.257 e. The second-order valence-corrected chi connectivity index (χ2v) is 10.6. The lowest BCUT2D eigenvalue weighted by molar-refractivity contribution is -0.0741. The van der Waals surface area contributed by atoms with Gasteiger partial charge in [-0.3, -0.25) is 9.59 Å². The number of aromatic nitrogens is 1. The van der Waals surface area contributed by atoms with E-state index in [0.29, 0.717) is 54.9 Å². The molecular weight excluding hydrogens is 516 g/mol. The van der Waals surface area contributed by atoms with Crippen LogP contribution in [0.3, 0.4) is 0 Å². The number of hydrogen-bond acceptors (Lipinski definition) is 7. The van der Waals surface area contributed by atoms with E-state index in [1.807, 2.05) is 55.3 Å². The average Bonchev–Trinajstić information content (AvgIpc) is 3.35. The van der Waals surface area contributed by atoms with Gasteiger partial charge in [-0.25, -0.2) is 4.98 Å². The minimum atomic E-state index is -0.406. The molecular formula is C32H36N6O3. The van der Waals surface area contributed by atoms with Gasteiger partial charge in [-0.05, 0) is 86.8 Å². The van der Waals surface area contributed by atoms with E-state index in [9.17, 15) is 14.9 Å². The maximum absolute atomic E-state index is 13.5. The average molecular weight is 553 g/mol. The van der Waals surface area contributed by atoms with E-state index >= 15 is 0 Å². The molecule has 1 spiro atoms. The molecule has 0 radical (unpaired) electrons. The summed E-state index contributed by atoms with van der Waals surface area (Å²) in [7, 11) is 1.92. The number of nitriles is 1. The minimum Gasteiger partial charge on any atom is -0.365 e. The van der Waals surface area contributed by atoms with Gasteiger partial charge in [0.25, 0.3) is 11.8 Å². The fraction of sp³-hybridized carbons (Fsp3) is 0.375. The monoisotopic (exact) mass is 552 g/mol. The molecule has 3 heterocycles. The van der Waals surface area contributed by atoms with E-state index < -0.39 is 5.60 Å². The Labute approximate surface area is 241 Å². The van der Waals surface area contributed by atoms with Gasteiger partial charge in [-0.15, -0.1) is 0 Å². The van der Waals surface area contributed by atoms with Crippen LogP contribution in [0.4, 0.5) is 11.5 Å². The molecule has 2 N–H and O–H groups in total. The number of pyridine rings is 1. The maximum atomic E-state index is 13.5. The van der Waals surface area contributed by atoms with Crippen LogP contribution in [0.1, 0.15) is 62.7 Å². The molecule has 0 unspecified atom stereocenters. The molecule has 0 atom stereocenters. The number of amides is 2. The summed E-state index contributed by atoms with van der Waals surface area (Å²) in [6.45, 7) is 8.09. The van der Waals surface area contributed by atoms with E-state index in [1.54, 1.807) is 18.3 Å². The number of likely N-dealkylation sites (N-methyl/N-ethyl adjacent to an activating group) is 2. The summed E-state index contributed by atoms with van der Waals surface area (Å²) in [4.78, 5) is 35.0. The molecule has 1 saturated heterocycles. The molecule has 0 saturated carbocycles. The Hall–Kier alpha value is -4.26.